The van der Waals surface area contributed by atoms with Crippen LogP contribution in [0.3, 0.4) is 0 Å². The van der Waals surface area contributed by atoms with Crippen LogP contribution in [0.25, 0.3) is 11.4 Å². The number of tetrazole rings is 1. The summed E-state index contributed by atoms with van der Waals surface area (Å²) in [7, 11) is 0. The highest BCUT2D eigenvalue weighted by Gasteiger charge is 2.36. The number of rotatable bonds is 5. The fourth-order valence-electron chi connectivity index (χ4n) is 2.38. The second-order valence-corrected chi connectivity index (χ2v) is 6.36. The fraction of sp³-hybridized carbons (Fsp3) is 0.385. The average molecular weight is 372 g/mol. The molecule has 8 heteroatoms. The van der Waals surface area contributed by atoms with Gasteiger partial charge in [0.15, 0.2) is 5.82 Å². The predicted molar refractivity (Wildman–Crippen MR) is 80.0 cm³/mol. The summed E-state index contributed by atoms with van der Waals surface area (Å²) in [5.41, 5.74) is 0.753. The van der Waals surface area contributed by atoms with Crippen molar-refractivity contribution in [3.63, 3.8) is 0 Å². The molecule has 0 amide bonds. The van der Waals surface area contributed by atoms with Crippen molar-refractivity contribution < 1.29 is 9.90 Å². The molecule has 1 saturated carbocycles. The van der Waals surface area contributed by atoms with E-state index in [0.717, 1.165) is 22.9 Å². The second kappa shape index (κ2) is 5.73. The van der Waals surface area contributed by atoms with E-state index in [1.807, 2.05) is 6.07 Å². The van der Waals surface area contributed by atoms with Gasteiger partial charge in [-0.15, -0.1) is 5.10 Å². The Balaban J connectivity index is 2.03. The highest BCUT2D eigenvalue weighted by molar-refractivity contribution is 9.10. The molecule has 0 aliphatic heterocycles. The van der Waals surface area contributed by atoms with Crippen LogP contribution >= 0.6 is 27.5 Å². The number of benzene rings is 1. The number of aromatic nitrogens is 4. The number of nitrogens with zero attached hydrogens (tertiary/aromatic N) is 4. The molecular weight excluding hydrogens is 360 g/mol. The lowest BCUT2D eigenvalue weighted by atomic mass is 10.1. The first-order chi connectivity index (χ1) is 10.1. The predicted octanol–water partition coefficient (Wildman–Crippen LogP) is 3.18. The van der Waals surface area contributed by atoms with Crippen LogP contribution in [0.4, 0.5) is 0 Å². The smallest absolute Gasteiger partial charge is 0.305 e. The van der Waals surface area contributed by atoms with Crippen LogP contribution in [-0.4, -0.2) is 31.3 Å². The van der Waals surface area contributed by atoms with Gasteiger partial charge in [0.1, 0.15) is 0 Å². The molecule has 0 bridgehead atoms. The van der Waals surface area contributed by atoms with Gasteiger partial charge in [0, 0.05) is 15.1 Å². The van der Waals surface area contributed by atoms with E-state index in [4.69, 9.17) is 16.7 Å². The molecule has 2 aromatic rings. The van der Waals surface area contributed by atoms with Crippen LogP contribution in [0.2, 0.25) is 5.02 Å². The molecule has 21 heavy (non-hydrogen) atoms. The van der Waals surface area contributed by atoms with Gasteiger partial charge in [0.2, 0.25) is 0 Å². The monoisotopic (exact) mass is 370 g/mol. The van der Waals surface area contributed by atoms with Crippen LogP contribution in [0.5, 0.6) is 0 Å². The van der Waals surface area contributed by atoms with E-state index in [9.17, 15) is 4.79 Å². The van der Waals surface area contributed by atoms with Crippen molar-refractivity contribution in [1.29, 1.82) is 0 Å². The molecule has 1 fully saturated rings. The number of hydrogen-bond acceptors (Lipinski definition) is 4. The maximum absolute atomic E-state index is 11.1. The van der Waals surface area contributed by atoms with E-state index in [1.165, 1.54) is 0 Å². The summed E-state index contributed by atoms with van der Waals surface area (Å²) in [4.78, 5) is 11.1. The lowest BCUT2D eigenvalue weighted by Gasteiger charge is -2.16. The Hall–Kier alpha value is -1.47. The largest absolute Gasteiger partial charge is 0.481 e. The number of aliphatic carboxylic acids is 1. The van der Waals surface area contributed by atoms with Gasteiger partial charge in [-0.2, -0.15) is 0 Å². The van der Waals surface area contributed by atoms with Crippen molar-refractivity contribution in [3.8, 4) is 11.4 Å². The minimum absolute atomic E-state index is 0.0148. The van der Waals surface area contributed by atoms with Crippen LogP contribution in [0, 0.1) is 5.92 Å². The van der Waals surface area contributed by atoms with Crippen molar-refractivity contribution in [2.24, 2.45) is 5.92 Å². The molecule has 3 rings (SSSR count). The molecule has 1 unspecified atom stereocenters. The maximum atomic E-state index is 11.1. The van der Waals surface area contributed by atoms with Crippen LogP contribution in [0.1, 0.15) is 25.3 Å². The summed E-state index contributed by atoms with van der Waals surface area (Å²) in [5.74, 6) is 0.00217. The van der Waals surface area contributed by atoms with Crippen molar-refractivity contribution in [2.45, 2.75) is 25.3 Å². The Morgan fingerprint density at radius 1 is 1.52 bits per heavy atom. The number of carbonyl (C=O) groups is 1. The van der Waals surface area contributed by atoms with Crippen LogP contribution in [0.15, 0.2) is 22.7 Å². The van der Waals surface area contributed by atoms with Gasteiger partial charge in [0.05, 0.1) is 12.5 Å². The third-order valence-electron chi connectivity index (χ3n) is 3.53. The Morgan fingerprint density at radius 2 is 2.29 bits per heavy atom. The fourth-order valence-corrected chi connectivity index (χ4v) is 2.97. The van der Waals surface area contributed by atoms with E-state index in [-0.39, 0.29) is 12.5 Å². The Kier molecular flexibility index (Phi) is 3.95. The molecule has 6 nitrogen and oxygen atoms in total. The molecule has 1 aromatic carbocycles. The quantitative estimate of drug-likeness (QED) is 0.873. The molecule has 110 valence electrons. The van der Waals surface area contributed by atoms with E-state index in [2.05, 4.69) is 31.5 Å². The SMILES string of the molecule is O=C(O)CC(C1CC1)n1nnnc1-c1cc(Cl)ccc1Br. The standard InChI is InChI=1S/C13H12BrClN4O2/c14-10-4-3-8(15)5-9(10)13-16-17-18-19(13)11(6-12(20)21)7-1-2-7/h3-5,7,11H,1-2,6H2,(H,20,21). The van der Waals surface area contributed by atoms with Crippen LogP contribution < -0.4 is 0 Å². The Bertz CT molecular complexity index is 687. The minimum atomic E-state index is -0.849. The Morgan fingerprint density at radius 3 is 2.95 bits per heavy atom. The maximum Gasteiger partial charge on any atom is 0.305 e. The zero-order valence-electron chi connectivity index (χ0n) is 10.9. The lowest BCUT2D eigenvalue weighted by Crippen LogP contribution is -2.18. The summed E-state index contributed by atoms with van der Waals surface area (Å²) >= 11 is 9.49. The first-order valence-electron chi connectivity index (χ1n) is 6.51. The lowest BCUT2D eigenvalue weighted by molar-refractivity contribution is -0.138. The molecular formula is C13H12BrClN4O2. The number of carboxylic acid groups (broad SMARTS) is 1. The summed E-state index contributed by atoms with van der Waals surface area (Å²) in [6, 6.07) is 5.12. The molecule has 1 aliphatic carbocycles. The van der Waals surface area contributed by atoms with Crippen LogP contribution in [-0.2, 0) is 4.79 Å². The van der Waals surface area contributed by atoms with Gasteiger partial charge in [0.25, 0.3) is 0 Å². The topological polar surface area (TPSA) is 80.9 Å². The second-order valence-electron chi connectivity index (χ2n) is 5.07. The molecule has 1 N–H and O–H groups in total. The highest BCUT2D eigenvalue weighted by Crippen LogP contribution is 2.43. The van der Waals surface area contributed by atoms with Crippen molar-refractivity contribution in [2.75, 3.05) is 0 Å². The van der Waals surface area contributed by atoms with E-state index in [1.54, 1.807) is 16.8 Å². The van der Waals surface area contributed by atoms with Gasteiger partial charge < -0.3 is 5.11 Å². The number of carboxylic acids is 1. The molecule has 1 aromatic heterocycles. The molecule has 1 atom stereocenters. The van der Waals surface area contributed by atoms with Gasteiger partial charge in [-0.05, 0) is 47.4 Å². The van der Waals surface area contributed by atoms with Crippen molar-refractivity contribution >= 4 is 33.5 Å². The van der Waals surface area contributed by atoms with E-state index in [0.29, 0.717) is 16.8 Å². The third-order valence-corrected chi connectivity index (χ3v) is 4.45. The van der Waals surface area contributed by atoms with Gasteiger partial charge in [-0.3, -0.25) is 4.79 Å². The summed E-state index contributed by atoms with van der Waals surface area (Å²) in [6.07, 6.45) is 2.03. The Labute approximate surface area is 134 Å². The summed E-state index contributed by atoms with van der Waals surface area (Å²) in [5, 5.41) is 21.4. The first kappa shape index (κ1) is 14.5. The minimum Gasteiger partial charge on any atom is -0.481 e. The molecule has 0 spiro atoms. The normalized spacial score (nSPS) is 15.9. The van der Waals surface area contributed by atoms with Gasteiger partial charge in [-0.25, -0.2) is 4.68 Å². The summed E-state index contributed by atoms with van der Waals surface area (Å²) in [6.45, 7) is 0. The zero-order chi connectivity index (χ0) is 15.0. The molecule has 1 aliphatic rings. The first-order valence-corrected chi connectivity index (χ1v) is 7.68. The molecule has 0 saturated heterocycles. The molecule has 0 radical (unpaired) electrons. The number of hydrogen-bond donors (Lipinski definition) is 1. The van der Waals surface area contributed by atoms with Crippen molar-refractivity contribution in [1.82, 2.24) is 20.2 Å². The van der Waals surface area contributed by atoms with E-state index >= 15 is 0 Å². The molecule has 1 heterocycles. The zero-order valence-corrected chi connectivity index (χ0v) is 13.3. The summed E-state index contributed by atoms with van der Waals surface area (Å²) < 4.78 is 2.43. The third kappa shape index (κ3) is 3.08. The average Bonchev–Trinajstić information content (AvgIpc) is 3.16. The van der Waals surface area contributed by atoms with E-state index < -0.39 is 5.97 Å². The van der Waals surface area contributed by atoms with Gasteiger partial charge >= 0.3 is 5.97 Å². The van der Waals surface area contributed by atoms with Crippen molar-refractivity contribution in [3.05, 3.63) is 27.7 Å². The highest BCUT2D eigenvalue weighted by atomic mass is 79.9. The van der Waals surface area contributed by atoms with Gasteiger partial charge in [-0.1, -0.05) is 27.5 Å². The number of halogens is 2.